The van der Waals surface area contributed by atoms with Gasteiger partial charge in [0.25, 0.3) is 0 Å². The molecule has 1 aliphatic heterocycles. The minimum atomic E-state index is -4.04. The molecule has 0 N–H and O–H groups in total. The molecule has 2 saturated carbocycles. The third kappa shape index (κ3) is 6.09. The summed E-state index contributed by atoms with van der Waals surface area (Å²) in [4.78, 5) is 0. The predicted octanol–water partition coefficient (Wildman–Crippen LogP) is 6.73. The Morgan fingerprint density at radius 2 is 1.33 bits per heavy atom. The largest absolute Gasteiger partial charge is 0.391 e. The van der Waals surface area contributed by atoms with E-state index in [1.807, 2.05) is 0 Å². The van der Waals surface area contributed by atoms with Gasteiger partial charge in [-0.2, -0.15) is 13.2 Å². The molecule has 0 atom stereocenters. The molecule has 2 nitrogen and oxygen atoms in total. The van der Waals surface area contributed by atoms with Crippen LogP contribution in [-0.2, 0) is 9.47 Å². The SMILES string of the molecule is CCCCC[C@H]1CC[C@H](C2COC([C@H]3CC[C@H](C(F)(F)F)CC3)OC2)CC1. The van der Waals surface area contributed by atoms with Crippen molar-refractivity contribution < 1.29 is 22.6 Å². The number of hydrogen-bond acceptors (Lipinski definition) is 2. The van der Waals surface area contributed by atoms with Crippen LogP contribution in [0.3, 0.4) is 0 Å². The van der Waals surface area contributed by atoms with Gasteiger partial charge in [-0.15, -0.1) is 0 Å². The van der Waals surface area contributed by atoms with Crippen LogP contribution >= 0.6 is 0 Å². The Morgan fingerprint density at radius 1 is 0.741 bits per heavy atom. The number of ether oxygens (including phenoxy) is 2. The summed E-state index contributed by atoms with van der Waals surface area (Å²) in [6.07, 6.45) is 7.95. The van der Waals surface area contributed by atoms with Crippen LogP contribution in [0.1, 0.15) is 84.0 Å². The van der Waals surface area contributed by atoms with Gasteiger partial charge in [-0.3, -0.25) is 0 Å². The van der Waals surface area contributed by atoms with E-state index < -0.39 is 12.1 Å². The smallest absolute Gasteiger partial charge is 0.352 e. The van der Waals surface area contributed by atoms with E-state index >= 15 is 0 Å². The van der Waals surface area contributed by atoms with Crippen molar-refractivity contribution in [1.82, 2.24) is 0 Å². The summed E-state index contributed by atoms with van der Waals surface area (Å²) < 4.78 is 50.5. The summed E-state index contributed by atoms with van der Waals surface area (Å²) in [5.74, 6) is 1.10. The maximum absolute atomic E-state index is 12.8. The van der Waals surface area contributed by atoms with Crippen molar-refractivity contribution in [1.29, 1.82) is 0 Å². The zero-order valence-electron chi connectivity index (χ0n) is 16.8. The quantitative estimate of drug-likeness (QED) is 0.468. The molecule has 0 spiro atoms. The van der Waals surface area contributed by atoms with Gasteiger partial charge in [0.2, 0.25) is 0 Å². The Morgan fingerprint density at radius 3 is 1.89 bits per heavy atom. The second-order valence-electron chi connectivity index (χ2n) is 9.23. The molecular formula is C22H37F3O2. The van der Waals surface area contributed by atoms with Gasteiger partial charge in [0.05, 0.1) is 19.1 Å². The van der Waals surface area contributed by atoms with Crippen molar-refractivity contribution in [2.45, 2.75) is 96.4 Å². The summed E-state index contributed by atoms with van der Waals surface area (Å²) in [5.41, 5.74) is 0. The molecule has 3 fully saturated rings. The van der Waals surface area contributed by atoms with Crippen LogP contribution in [0.2, 0.25) is 0 Å². The van der Waals surface area contributed by atoms with Crippen molar-refractivity contribution in [3.63, 3.8) is 0 Å². The fraction of sp³-hybridized carbons (Fsp3) is 1.00. The topological polar surface area (TPSA) is 18.5 Å². The molecule has 1 saturated heterocycles. The van der Waals surface area contributed by atoms with Gasteiger partial charge in [0, 0.05) is 11.8 Å². The second-order valence-corrected chi connectivity index (χ2v) is 9.23. The summed E-state index contributed by atoms with van der Waals surface area (Å²) in [5, 5.41) is 0. The van der Waals surface area contributed by atoms with Crippen LogP contribution < -0.4 is 0 Å². The minimum absolute atomic E-state index is 0.138. The fourth-order valence-electron chi connectivity index (χ4n) is 5.43. The van der Waals surface area contributed by atoms with Gasteiger partial charge < -0.3 is 9.47 Å². The molecule has 0 unspecified atom stereocenters. The first-order chi connectivity index (χ1) is 13.0. The molecule has 0 radical (unpaired) electrons. The molecule has 0 aromatic carbocycles. The summed E-state index contributed by atoms with van der Waals surface area (Å²) in [7, 11) is 0. The zero-order valence-corrected chi connectivity index (χ0v) is 16.8. The second kappa shape index (κ2) is 9.96. The maximum Gasteiger partial charge on any atom is 0.391 e. The third-order valence-corrected chi connectivity index (χ3v) is 7.34. The Balaban J connectivity index is 1.34. The molecule has 0 amide bonds. The fourth-order valence-corrected chi connectivity index (χ4v) is 5.43. The number of unbranched alkanes of at least 4 members (excludes halogenated alkanes) is 2. The highest BCUT2D eigenvalue weighted by Gasteiger charge is 2.43. The molecule has 1 heterocycles. The molecule has 3 aliphatic rings. The van der Waals surface area contributed by atoms with E-state index in [-0.39, 0.29) is 25.0 Å². The van der Waals surface area contributed by atoms with E-state index in [2.05, 4.69) is 6.92 Å². The lowest BCUT2D eigenvalue weighted by Gasteiger charge is -2.41. The number of halogens is 3. The number of hydrogen-bond donors (Lipinski definition) is 0. The molecule has 5 heteroatoms. The van der Waals surface area contributed by atoms with E-state index in [1.165, 1.54) is 51.4 Å². The van der Waals surface area contributed by atoms with Crippen LogP contribution in [0, 0.1) is 29.6 Å². The highest BCUT2D eigenvalue weighted by molar-refractivity contribution is 4.83. The monoisotopic (exact) mass is 390 g/mol. The lowest BCUT2D eigenvalue weighted by Crippen LogP contribution is -2.42. The van der Waals surface area contributed by atoms with Crippen molar-refractivity contribution in [3.8, 4) is 0 Å². The molecule has 158 valence electrons. The maximum atomic E-state index is 12.8. The highest BCUT2D eigenvalue weighted by Crippen LogP contribution is 2.43. The molecular weight excluding hydrogens is 353 g/mol. The van der Waals surface area contributed by atoms with Crippen LogP contribution in [-0.4, -0.2) is 25.7 Å². The third-order valence-electron chi connectivity index (χ3n) is 7.34. The lowest BCUT2D eigenvalue weighted by atomic mass is 9.74. The Hall–Kier alpha value is -0.290. The molecule has 0 aromatic rings. The van der Waals surface area contributed by atoms with Crippen LogP contribution in [0.15, 0.2) is 0 Å². The van der Waals surface area contributed by atoms with Crippen molar-refractivity contribution in [2.75, 3.05) is 13.2 Å². The van der Waals surface area contributed by atoms with Crippen LogP contribution in [0.4, 0.5) is 13.2 Å². The first-order valence-corrected chi connectivity index (χ1v) is 11.3. The predicted molar refractivity (Wildman–Crippen MR) is 100 cm³/mol. The van der Waals surface area contributed by atoms with E-state index in [4.69, 9.17) is 9.47 Å². The summed E-state index contributed by atoms with van der Waals surface area (Å²) in [6, 6.07) is 0. The van der Waals surface area contributed by atoms with Crippen LogP contribution in [0.25, 0.3) is 0 Å². The van der Waals surface area contributed by atoms with Crippen molar-refractivity contribution >= 4 is 0 Å². The molecule has 0 bridgehead atoms. The van der Waals surface area contributed by atoms with Crippen molar-refractivity contribution in [2.24, 2.45) is 29.6 Å². The average molecular weight is 391 g/mol. The highest BCUT2D eigenvalue weighted by atomic mass is 19.4. The van der Waals surface area contributed by atoms with Gasteiger partial charge in [0.15, 0.2) is 6.29 Å². The number of alkyl halides is 3. The standard InChI is InChI=1S/C22H37F3O2/c1-2-3-4-5-16-6-8-17(9-7-16)19-14-26-21(27-15-19)18-10-12-20(13-11-18)22(23,24)25/h16-21H,2-15H2,1H3/t16-,17-,18-,19?,20-,21?. The van der Waals surface area contributed by atoms with Gasteiger partial charge in [-0.1, -0.05) is 45.4 Å². The zero-order chi connectivity index (χ0) is 19.3. The molecule has 3 rings (SSSR count). The number of rotatable bonds is 6. The van der Waals surface area contributed by atoms with Crippen LogP contribution in [0.5, 0.6) is 0 Å². The van der Waals surface area contributed by atoms with Gasteiger partial charge in [-0.25, -0.2) is 0 Å². The normalized spacial score (nSPS) is 38.7. The van der Waals surface area contributed by atoms with Crippen molar-refractivity contribution in [3.05, 3.63) is 0 Å². The van der Waals surface area contributed by atoms with Gasteiger partial charge in [0.1, 0.15) is 0 Å². The Bertz CT molecular complexity index is 416. The van der Waals surface area contributed by atoms with E-state index in [0.717, 1.165) is 19.1 Å². The molecule has 0 aromatic heterocycles. The van der Waals surface area contributed by atoms with Gasteiger partial charge >= 0.3 is 6.18 Å². The van der Waals surface area contributed by atoms with E-state index in [0.29, 0.717) is 24.7 Å². The van der Waals surface area contributed by atoms with E-state index in [1.54, 1.807) is 0 Å². The Labute approximate surface area is 162 Å². The first-order valence-electron chi connectivity index (χ1n) is 11.3. The molecule has 27 heavy (non-hydrogen) atoms. The average Bonchev–Trinajstić information content (AvgIpc) is 2.68. The van der Waals surface area contributed by atoms with E-state index in [9.17, 15) is 13.2 Å². The first kappa shape index (κ1) is 21.4. The van der Waals surface area contributed by atoms with Gasteiger partial charge in [-0.05, 0) is 50.4 Å². The summed E-state index contributed by atoms with van der Waals surface area (Å²) >= 11 is 0. The minimum Gasteiger partial charge on any atom is -0.352 e. The molecule has 2 aliphatic carbocycles. The lowest BCUT2D eigenvalue weighted by molar-refractivity contribution is -0.244. The summed E-state index contributed by atoms with van der Waals surface area (Å²) in [6.45, 7) is 3.72. The Kier molecular flexibility index (Phi) is 7.90.